The summed E-state index contributed by atoms with van der Waals surface area (Å²) in [5.41, 5.74) is 9.39. The largest absolute Gasteiger partial charge is 0.436 e. The molecule has 0 fully saturated rings. The number of carbonyl (C=O) groups excluding carboxylic acids is 1. The van der Waals surface area contributed by atoms with E-state index in [9.17, 15) is 4.79 Å². The minimum Gasteiger partial charge on any atom is -0.436 e. The van der Waals surface area contributed by atoms with Crippen molar-refractivity contribution in [3.63, 3.8) is 0 Å². The molecule has 134 valence electrons. The van der Waals surface area contributed by atoms with Crippen molar-refractivity contribution in [2.75, 3.05) is 11.4 Å². The fourth-order valence-electron chi connectivity index (χ4n) is 2.90. The normalized spacial score (nSPS) is 10.9. The number of carbonyl (C=O) groups is 1. The van der Waals surface area contributed by atoms with Crippen LogP contribution in [0.1, 0.15) is 0 Å². The van der Waals surface area contributed by atoms with Crippen molar-refractivity contribution in [3.8, 4) is 11.5 Å². The SMILES string of the molecule is NC(=O)CN(c1ccccc1)c1ccc(-c2nc3cc(Cl)ccc3o2)cc1. The Morgan fingerprint density at radius 3 is 2.41 bits per heavy atom. The molecular weight excluding hydrogens is 362 g/mol. The predicted octanol–water partition coefficient (Wildman–Crippen LogP) is 4.77. The van der Waals surface area contributed by atoms with E-state index in [0.717, 1.165) is 16.9 Å². The molecule has 0 saturated carbocycles. The third-order valence-corrected chi connectivity index (χ3v) is 4.39. The fraction of sp³-hybridized carbons (Fsp3) is 0.0476. The molecule has 2 N–H and O–H groups in total. The maximum atomic E-state index is 11.5. The van der Waals surface area contributed by atoms with Gasteiger partial charge in [-0.2, -0.15) is 0 Å². The summed E-state index contributed by atoms with van der Waals surface area (Å²) in [4.78, 5) is 17.9. The van der Waals surface area contributed by atoms with Gasteiger partial charge in [0.15, 0.2) is 5.58 Å². The minimum atomic E-state index is -0.404. The zero-order chi connectivity index (χ0) is 18.8. The number of anilines is 2. The number of rotatable bonds is 5. The molecule has 4 aromatic rings. The van der Waals surface area contributed by atoms with Gasteiger partial charge >= 0.3 is 0 Å². The Morgan fingerprint density at radius 2 is 1.70 bits per heavy atom. The lowest BCUT2D eigenvalue weighted by atomic mass is 10.1. The average molecular weight is 378 g/mol. The lowest BCUT2D eigenvalue weighted by Gasteiger charge is -2.23. The molecule has 1 amide bonds. The fourth-order valence-corrected chi connectivity index (χ4v) is 3.07. The molecule has 0 unspecified atom stereocenters. The molecular formula is C21H16ClN3O2. The van der Waals surface area contributed by atoms with Crippen molar-refractivity contribution in [1.29, 1.82) is 0 Å². The quantitative estimate of drug-likeness (QED) is 0.543. The zero-order valence-electron chi connectivity index (χ0n) is 14.3. The number of aromatic nitrogens is 1. The van der Waals surface area contributed by atoms with Crippen LogP contribution in [0.4, 0.5) is 11.4 Å². The maximum absolute atomic E-state index is 11.5. The van der Waals surface area contributed by atoms with Crippen molar-refractivity contribution in [1.82, 2.24) is 4.98 Å². The number of oxazole rings is 1. The Bertz CT molecular complexity index is 1090. The lowest BCUT2D eigenvalue weighted by Crippen LogP contribution is -2.30. The number of hydrogen-bond donors (Lipinski definition) is 1. The van der Waals surface area contributed by atoms with Gasteiger partial charge < -0.3 is 15.1 Å². The second kappa shape index (κ2) is 7.13. The Labute approximate surface area is 161 Å². The van der Waals surface area contributed by atoms with E-state index in [1.807, 2.05) is 59.5 Å². The summed E-state index contributed by atoms with van der Waals surface area (Å²) < 4.78 is 5.80. The number of nitrogens with zero attached hydrogens (tertiary/aromatic N) is 2. The molecule has 5 nitrogen and oxygen atoms in total. The van der Waals surface area contributed by atoms with Gasteiger partial charge in [0.05, 0.1) is 0 Å². The Balaban J connectivity index is 1.67. The van der Waals surface area contributed by atoms with Crippen LogP contribution in [0, 0.1) is 0 Å². The van der Waals surface area contributed by atoms with Gasteiger partial charge in [0.25, 0.3) is 0 Å². The van der Waals surface area contributed by atoms with E-state index in [-0.39, 0.29) is 6.54 Å². The molecule has 1 aromatic heterocycles. The average Bonchev–Trinajstić information content (AvgIpc) is 3.10. The van der Waals surface area contributed by atoms with Gasteiger partial charge in [-0.05, 0) is 54.6 Å². The van der Waals surface area contributed by atoms with E-state index in [1.165, 1.54) is 0 Å². The Morgan fingerprint density at radius 1 is 1.00 bits per heavy atom. The van der Waals surface area contributed by atoms with Crippen molar-refractivity contribution >= 4 is 40.0 Å². The summed E-state index contributed by atoms with van der Waals surface area (Å²) in [5.74, 6) is 0.110. The highest BCUT2D eigenvalue weighted by Crippen LogP contribution is 2.30. The molecule has 0 bridgehead atoms. The maximum Gasteiger partial charge on any atom is 0.237 e. The first-order valence-corrected chi connectivity index (χ1v) is 8.75. The highest BCUT2D eigenvalue weighted by molar-refractivity contribution is 6.31. The van der Waals surface area contributed by atoms with Gasteiger partial charge in [0, 0.05) is 22.0 Å². The molecule has 0 saturated heterocycles. The van der Waals surface area contributed by atoms with Gasteiger partial charge in [-0.3, -0.25) is 4.79 Å². The zero-order valence-corrected chi connectivity index (χ0v) is 15.1. The number of halogens is 1. The van der Waals surface area contributed by atoms with Crippen LogP contribution in [0.3, 0.4) is 0 Å². The number of nitrogens with two attached hydrogens (primary N) is 1. The first-order valence-electron chi connectivity index (χ1n) is 8.37. The summed E-state index contributed by atoms with van der Waals surface area (Å²) in [6.45, 7) is 0.0880. The van der Waals surface area contributed by atoms with E-state index in [2.05, 4.69) is 4.98 Å². The monoisotopic (exact) mass is 377 g/mol. The van der Waals surface area contributed by atoms with Crippen LogP contribution in [0.2, 0.25) is 5.02 Å². The van der Waals surface area contributed by atoms with Crippen LogP contribution in [-0.2, 0) is 4.79 Å². The van der Waals surface area contributed by atoms with Gasteiger partial charge in [-0.1, -0.05) is 29.8 Å². The number of amides is 1. The molecule has 0 spiro atoms. The first kappa shape index (κ1) is 17.1. The Hall–Kier alpha value is -3.31. The van der Waals surface area contributed by atoms with E-state index >= 15 is 0 Å². The van der Waals surface area contributed by atoms with Crippen LogP contribution >= 0.6 is 11.6 Å². The number of fused-ring (bicyclic) bond motifs is 1. The summed E-state index contributed by atoms with van der Waals surface area (Å²) in [6.07, 6.45) is 0. The van der Waals surface area contributed by atoms with Crippen LogP contribution in [0.15, 0.2) is 77.2 Å². The van der Waals surface area contributed by atoms with Gasteiger partial charge in [0.1, 0.15) is 12.1 Å². The third-order valence-electron chi connectivity index (χ3n) is 4.16. The van der Waals surface area contributed by atoms with Crippen molar-refractivity contribution < 1.29 is 9.21 Å². The summed E-state index contributed by atoms with van der Waals surface area (Å²) >= 11 is 6.00. The second-order valence-corrected chi connectivity index (χ2v) is 6.50. The van der Waals surface area contributed by atoms with Crippen LogP contribution < -0.4 is 10.6 Å². The highest BCUT2D eigenvalue weighted by atomic mass is 35.5. The van der Waals surface area contributed by atoms with Gasteiger partial charge in [-0.15, -0.1) is 0 Å². The van der Waals surface area contributed by atoms with E-state index in [1.54, 1.807) is 18.2 Å². The van der Waals surface area contributed by atoms with Gasteiger partial charge in [-0.25, -0.2) is 4.98 Å². The van der Waals surface area contributed by atoms with Crippen molar-refractivity contribution in [2.24, 2.45) is 5.73 Å². The molecule has 3 aromatic carbocycles. The van der Waals surface area contributed by atoms with Crippen molar-refractivity contribution in [3.05, 3.63) is 77.8 Å². The Kier molecular flexibility index (Phi) is 4.52. The van der Waals surface area contributed by atoms with E-state index < -0.39 is 5.91 Å². The molecule has 1 heterocycles. The predicted molar refractivity (Wildman–Crippen MR) is 107 cm³/mol. The smallest absolute Gasteiger partial charge is 0.237 e. The molecule has 4 rings (SSSR count). The minimum absolute atomic E-state index is 0.0880. The number of hydrogen-bond acceptors (Lipinski definition) is 4. The molecule has 0 aliphatic carbocycles. The molecule has 0 radical (unpaired) electrons. The van der Waals surface area contributed by atoms with E-state index in [0.29, 0.717) is 22.0 Å². The molecule has 0 atom stereocenters. The van der Waals surface area contributed by atoms with Crippen molar-refractivity contribution in [2.45, 2.75) is 0 Å². The molecule has 27 heavy (non-hydrogen) atoms. The van der Waals surface area contributed by atoms with Crippen LogP contribution in [0.25, 0.3) is 22.6 Å². The highest BCUT2D eigenvalue weighted by Gasteiger charge is 2.13. The summed E-state index contributed by atoms with van der Waals surface area (Å²) in [6, 6.07) is 22.6. The molecule has 0 aliphatic rings. The number of primary amides is 1. The lowest BCUT2D eigenvalue weighted by molar-refractivity contribution is -0.116. The van der Waals surface area contributed by atoms with Crippen LogP contribution in [-0.4, -0.2) is 17.4 Å². The molecule has 0 aliphatic heterocycles. The summed E-state index contributed by atoms with van der Waals surface area (Å²) in [5, 5.41) is 0.614. The third kappa shape index (κ3) is 3.64. The van der Waals surface area contributed by atoms with E-state index in [4.69, 9.17) is 21.8 Å². The van der Waals surface area contributed by atoms with Gasteiger partial charge in [0.2, 0.25) is 11.8 Å². The summed E-state index contributed by atoms with van der Waals surface area (Å²) in [7, 11) is 0. The molecule has 6 heteroatoms. The standard InChI is InChI=1S/C21H16ClN3O2/c22-15-8-11-19-18(12-15)24-21(27-19)14-6-9-17(10-7-14)25(13-20(23)26)16-4-2-1-3-5-16/h1-12H,13H2,(H2,23,26). The number of benzene rings is 3. The number of para-hydroxylation sites is 1. The van der Waals surface area contributed by atoms with Crippen LogP contribution in [0.5, 0.6) is 0 Å². The topological polar surface area (TPSA) is 72.4 Å². The first-order chi connectivity index (χ1) is 13.1. The second-order valence-electron chi connectivity index (χ2n) is 6.07.